The first-order valence-corrected chi connectivity index (χ1v) is 9.66. The molecule has 2 amide bonds. The zero-order chi connectivity index (χ0) is 20.2. The van der Waals surface area contributed by atoms with E-state index in [0.29, 0.717) is 11.1 Å². The molecule has 0 fully saturated rings. The zero-order valence-corrected chi connectivity index (χ0v) is 15.9. The SMILES string of the molecule is O=C(NO)c1ccc2c(c1)CCC(NC(=O)c1ccc(-c3ccccc3)cc1)C2. The second-order valence-electron chi connectivity index (χ2n) is 7.28. The molecule has 1 aliphatic rings. The second kappa shape index (κ2) is 8.29. The van der Waals surface area contributed by atoms with Crippen molar-refractivity contribution < 1.29 is 14.8 Å². The van der Waals surface area contributed by atoms with Crippen LogP contribution in [0.5, 0.6) is 0 Å². The molecule has 0 aromatic heterocycles. The number of benzene rings is 3. The minimum Gasteiger partial charge on any atom is -0.349 e. The van der Waals surface area contributed by atoms with Crippen LogP contribution in [0.3, 0.4) is 0 Å². The molecule has 3 aromatic rings. The summed E-state index contributed by atoms with van der Waals surface area (Å²) in [7, 11) is 0. The topological polar surface area (TPSA) is 78.4 Å². The van der Waals surface area contributed by atoms with Gasteiger partial charge < -0.3 is 5.32 Å². The Balaban J connectivity index is 1.41. The first-order valence-electron chi connectivity index (χ1n) is 9.66. The molecule has 0 radical (unpaired) electrons. The zero-order valence-electron chi connectivity index (χ0n) is 15.9. The van der Waals surface area contributed by atoms with Crippen LogP contribution in [0.1, 0.15) is 38.3 Å². The number of amides is 2. The van der Waals surface area contributed by atoms with Crippen LogP contribution in [0.2, 0.25) is 0 Å². The molecule has 0 saturated carbocycles. The number of hydrogen-bond donors (Lipinski definition) is 3. The first kappa shape index (κ1) is 18.9. The Labute approximate surface area is 169 Å². The normalized spacial score (nSPS) is 15.3. The predicted molar refractivity (Wildman–Crippen MR) is 111 cm³/mol. The van der Waals surface area contributed by atoms with Crippen LogP contribution >= 0.6 is 0 Å². The van der Waals surface area contributed by atoms with Gasteiger partial charge in [-0.05, 0) is 65.8 Å². The smallest absolute Gasteiger partial charge is 0.274 e. The van der Waals surface area contributed by atoms with Gasteiger partial charge >= 0.3 is 0 Å². The molecule has 0 saturated heterocycles. The van der Waals surface area contributed by atoms with Crippen LogP contribution in [0.25, 0.3) is 11.1 Å². The van der Waals surface area contributed by atoms with Gasteiger partial charge in [-0.3, -0.25) is 14.8 Å². The van der Waals surface area contributed by atoms with Gasteiger partial charge in [0, 0.05) is 17.2 Å². The molecule has 5 nitrogen and oxygen atoms in total. The fraction of sp³-hybridized carbons (Fsp3) is 0.167. The summed E-state index contributed by atoms with van der Waals surface area (Å²) in [4.78, 5) is 24.2. The van der Waals surface area contributed by atoms with Crippen LogP contribution in [0.15, 0.2) is 72.8 Å². The number of hydrogen-bond acceptors (Lipinski definition) is 3. The largest absolute Gasteiger partial charge is 0.349 e. The molecule has 3 N–H and O–H groups in total. The van der Waals surface area contributed by atoms with Gasteiger partial charge in [-0.1, -0.05) is 48.5 Å². The molecule has 1 aliphatic carbocycles. The van der Waals surface area contributed by atoms with Crippen molar-refractivity contribution in [1.29, 1.82) is 0 Å². The van der Waals surface area contributed by atoms with Crippen molar-refractivity contribution >= 4 is 11.8 Å². The van der Waals surface area contributed by atoms with Gasteiger partial charge in [-0.2, -0.15) is 0 Å². The molecule has 29 heavy (non-hydrogen) atoms. The number of fused-ring (bicyclic) bond motifs is 1. The van der Waals surface area contributed by atoms with E-state index in [1.807, 2.05) is 60.7 Å². The Kier molecular flexibility index (Phi) is 5.40. The van der Waals surface area contributed by atoms with Crippen LogP contribution in [-0.2, 0) is 12.8 Å². The molecule has 1 unspecified atom stereocenters. The molecule has 0 bridgehead atoms. The van der Waals surface area contributed by atoms with Gasteiger partial charge in [-0.15, -0.1) is 0 Å². The van der Waals surface area contributed by atoms with Crippen molar-refractivity contribution in [1.82, 2.24) is 10.8 Å². The quantitative estimate of drug-likeness (QED) is 0.472. The van der Waals surface area contributed by atoms with Gasteiger partial charge in [0.2, 0.25) is 0 Å². The summed E-state index contributed by atoms with van der Waals surface area (Å²) in [6, 6.07) is 23.2. The molecule has 0 spiro atoms. The fourth-order valence-corrected chi connectivity index (χ4v) is 3.80. The number of hydroxylamine groups is 1. The summed E-state index contributed by atoms with van der Waals surface area (Å²) in [5.41, 5.74) is 7.15. The third-order valence-corrected chi connectivity index (χ3v) is 5.39. The fourth-order valence-electron chi connectivity index (χ4n) is 3.80. The van der Waals surface area contributed by atoms with Gasteiger partial charge in [0.1, 0.15) is 0 Å². The third kappa shape index (κ3) is 4.20. The molecule has 5 heteroatoms. The highest BCUT2D eigenvalue weighted by atomic mass is 16.5. The number of aryl methyl sites for hydroxylation is 1. The lowest BCUT2D eigenvalue weighted by atomic mass is 9.87. The summed E-state index contributed by atoms with van der Waals surface area (Å²) in [5.74, 6) is -0.587. The van der Waals surface area contributed by atoms with Crippen molar-refractivity contribution in [2.24, 2.45) is 0 Å². The second-order valence-corrected chi connectivity index (χ2v) is 7.28. The highest BCUT2D eigenvalue weighted by Gasteiger charge is 2.21. The lowest BCUT2D eigenvalue weighted by Gasteiger charge is -2.26. The summed E-state index contributed by atoms with van der Waals surface area (Å²) in [6.45, 7) is 0. The number of carbonyl (C=O) groups excluding carboxylic acids is 2. The molecule has 0 aliphatic heterocycles. The van der Waals surface area contributed by atoms with Crippen molar-refractivity contribution in [3.8, 4) is 11.1 Å². The molecule has 1 atom stereocenters. The molecule has 4 rings (SSSR count). The van der Waals surface area contributed by atoms with Gasteiger partial charge in [0.15, 0.2) is 0 Å². The highest BCUT2D eigenvalue weighted by Crippen LogP contribution is 2.24. The first-order chi connectivity index (χ1) is 14.1. The molecule has 0 heterocycles. The lowest BCUT2D eigenvalue weighted by Crippen LogP contribution is -2.38. The average Bonchev–Trinajstić information content (AvgIpc) is 2.79. The Morgan fingerprint density at radius 2 is 1.48 bits per heavy atom. The lowest BCUT2D eigenvalue weighted by molar-refractivity contribution is 0.0706. The Hall–Kier alpha value is -3.44. The number of carbonyl (C=O) groups is 2. The maximum absolute atomic E-state index is 12.7. The number of nitrogens with one attached hydrogen (secondary N) is 2. The van der Waals surface area contributed by atoms with Gasteiger partial charge in [0.05, 0.1) is 0 Å². The number of rotatable bonds is 4. The van der Waals surface area contributed by atoms with E-state index in [-0.39, 0.29) is 11.9 Å². The van der Waals surface area contributed by atoms with E-state index >= 15 is 0 Å². The third-order valence-electron chi connectivity index (χ3n) is 5.39. The standard InChI is InChI=1S/C24H22N2O3/c27-23(18-8-6-17(7-9-18)16-4-2-1-3-5-16)25-22-13-12-19-14-21(24(28)26-29)11-10-20(19)15-22/h1-11,14,22,29H,12-13,15H2,(H,25,27)(H,26,28). The minimum absolute atomic E-state index is 0.0568. The van der Waals surface area contributed by atoms with Crippen molar-refractivity contribution in [3.05, 3.63) is 95.1 Å². The predicted octanol–water partition coefficient (Wildman–Crippen LogP) is 3.76. The Morgan fingerprint density at radius 1 is 0.793 bits per heavy atom. The van der Waals surface area contributed by atoms with Crippen LogP contribution in [0, 0.1) is 0 Å². The molecular weight excluding hydrogens is 364 g/mol. The van der Waals surface area contributed by atoms with Crippen LogP contribution in [0.4, 0.5) is 0 Å². The van der Waals surface area contributed by atoms with Gasteiger partial charge in [0.25, 0.3) is 11.8 Å². The van der Waals surface area contributed by atoms with Crippen molar-refractivity contribution in [2.75, 3.05) is 0 Å². The maximum Gasteiger partial charge on any atom is 0.274 e. The highest BCUT2D eigenvalue weighted by molar-refractivity contribution is 5.95. The van der Waals surface area contributed by atoms with E-state index < -0.39 is 5.91 Å². The van der Waals surface area contributed by atoms with Gasteiger partial charge in [-0.25, -0.2) is 5.48 Å². The van der Waals surface area contributed by atoms with Crippen molar-refractivity contribution in [2.45, 2.75) is 25.3 Å². The molecule has 146 valence electrons. The van der Waals surface area contributed by atoms with Crippen LogP contribution < -0.4 is 10.8 Å². The summed E-state index contributed by atoms with van der Waals surface area (Å²) < 4.78 is 0. The summed E-state index contributed by atoms with van der Waals surface area (Å²) in [5, 5.41) is 11.9. The average molecular weight is 386 g/mol. The molecule has 3 aromatic carbocycles. The maximum atomic E-state index is 12.7. The van der Waals surface area contributed by atoms with Crippen LogP contribution in [-0.4, -0.2) is 23.1 Å². The Morgan fingerprint density at radius 3 is 2.21 bits per heavy atom. The Bertz CT molecular complexity index is 1030. The van der Waals surface area contributed by atoms with E-state index in [1.165, 1.54) is 0 Å². The van der Waals surface area contributed by atoms with E-state index in [0.717, 1.165) is 41.5 Å². The van der Waals surface area contributed by atoms with Crippen molar-refractivity contribution in [3.63, 3.8) is 0 Å². The van der Waals surface area contributed by atoms with E-state index in [9.17, 15) is 9.59 Å². The van der Waals surface area contributed by atoms with E-state index in [2.05, 4.69) is 5.32 Å². The summed E-state index contributed by atoms with van der Waals surface area (Å²) >= 11 is 0. The van der Waals surface area contributed by atoms with E-state index in [1.54, 1.807) is 17.6 Å². The molecular formula is C24H22N2O3. The summed E-state index contributed by atoms with van der Waals surface area (Å²) in [6.07, 6.45) is 2.31. The van der Waals surface area contributed by atoms with E-state index in [4.69, 9.17) is 5.21 Å². The monoisotopic (exact) mass is 386 g/mol. The minimum atomic E-state index is -0.512.